The number of ether oxygens (including phenoxy) is 1. The SMILES string of the molecule is O=C(OCc1ccccc1)C(c1ccc(O)c(Cl)c1)c1ccc(O)c(Cl)c1. The average Bonchev–Trinajstić information content (AvgIpc) is 2.67. The van der Waals surface area contributed by atoms with Gasteiger partial charge in [-0.15, -0.1) is 0 Å². The number of hydrogen-bond donors (Lipinski definition) is 2. The number of aromatic hydroxyl groups is 2. The van der Waals surface area contributed by atoms with Crippen molar-refractivity contribution in [2.24, 2.45) is 0 Å². The van der Waals surface area contributed by atoms with E-state index in [4.69, 9.17) is 27.9 Å². The van der Waals surface area contributed by atoms with Crippen molar-refractivity contribution in [1.82, 2.24) is 0 Å². The highest BCUT2D eigenvalue weighted by atomic mass is 35.5. The number of phenols is 2. The molecule has 6 heteroatoms. The lowest BCUT2D eigenvalue weighted by Crippen LogP contribution is -2.17. The fourth-order valence-corrected chi connectivity index (χ4v) is 3.06. The summed E-state index contributed by atoms with van der Waals surface area (Å²) in [6.07, 6.45) is 0. The Bertz CT molecular complexity index is 906. The summed E-state index contributed by atoms with van der Waals surface area (Å²) in [5.41, 5.74) is 1.94. The van der Waals surface area contributed by atoms with Crippen LogP contribution in [0.1, 0.15) is 22.6 Å². The Morgan fingerprint density at radius 2 is 1.37 bits per heavy atom. The van der Waals surface area contributed by atoms with Crippen molar-refractivity contribution >= 4 is 29.2 Å². The molecule has 0 aliphatic heterocycles. The molecule has 0 saturated heterocycles. The van der Waals surface area contributed by atoms with Gasteiger partial charge in [-0.2, -0.15) is 0 Å². The van der Waals surface area contributed by atoms with Gasteiger partial charge in [-0.3, -0.25) is 4.79 Å². The summed E-state index contributed by atoms with van der Waals surface area (Å²) in [5, 5.41) is 19.6. The van der Waals surface area contributed by atoms with Crippen molar-refractivity contribution < 1.29 is 19.7 Å². The maximum atomic E-state index is 12.9. The second-order valence-electron chi connectivity index (χ2n) is 5.95. The van der Waals surface area contributed by atoms with E-state index in [1.165, 1.54) is 24.3 Å². The Hall–Kier alpha value is -2.69. The van der Waals surface area contributed by atoms with Crippen LogP contribution in [-0.2, 0) is 16.1 Å². The highest BCUT2D eigenvalue weighted by Gasteiger charge is 2.26. The summed E-state index contributed by atoms with van der Waals surface area (Å²) >= 11 is 12.0. The maximum Gasteiger partial charge on any atom is 0.318 e. The first-order chi connectivity index (χ1) is 13.0. The highest BCUT2D eigenvalue weighted by Crippen LogP contribution is 2.35. The van der Waals surface area contributed by atoms with Gasteiger partial charge < -0.3 is 14.9 Å². The van der Waals surface area contributed by atoms with E-state index in [9.17, 15) is 15.0 Å². The molecule has 0 fully saturated rings. The predicted octanol–water partition coefficient (Wildman–Crippen LogP) is 5.28. The minimum absolute atomic E-state index is 0.0828. The van der Waals surface area contributed by atoms with Gasteiger partial charge in [-0.1, -0.05) is 65.7 Å². The van der Waals surface area contributed by atoms with Crippen LogP contribution < -0.4 is 0 Å². The topological polar surface area (TPSA) is 66.8 Å². The molecule has 0 aliphatic carbocycles. The summed E-state index contributed by atoms with van der Waals surface area (Å²) in [7, 11) is 0. The van der Waals surface area contributed by atoms with E-state index in [0.29, 0.717) is 11.1 Å². The molecular formula is C21H16Cl2O4. The van der Waals surface area contributed by atoms with Crippen LogP contribution >= 0.6 is 23.2 Å². The van der Waals surface area contributed by atoms with E-state index >= 15 is 0 Å². The van der Waals surface area contributed by atoms with Crippen LogP contribution in [0.4, 0.5) is 0 Å². The first-order valence-electron chi connectivity index (χ1n) is 8.13. The number of halogens is 2. The van der Waals surface area contributed by atoms with Crippen LogP contribution in [0.15, 0.2) is 66.7 Å². The summed E-state index contributed by atoms with van der Waals surface area (Å²) in [6, 6.07) is 18.3. The third kappa shape index (κ3) is 4.54. The molecule has 138 valence electrons. The normalized spacial score (nSPS) is 10.8. The van der Waals surface area contributed by atoms with Gasteiger partial charge in [0.1, 0.15) is 24.0 Å². The molecule has 0 atom stereocenters. The summed E-state index contributed by atoms with van der Waals surface area (Å²) in [5.74, 6) is -1.48. The third-order valence-electron chi connectivity index (χ3n) is 4.07. The fourth-order valence-electron chi connectivity index (χ4n) is 2.68. The lowest BCUT2D eigenvalue weighted by molar-refractivity contribution is -0.145. The molecule has 0 saturated carbocycles. The monoisotopic (exact) mass is 402 g/mol. The van der Waals surface area contributed by atoms with Crippen molar-refractivity contribution in [3.63, 3.8) is 0 Å². The van der Waals surface area contributed by atoms with Gasteiger partial charge in [0.2, 0.25) is 0 Å². The quantitative estimate of drug-likeness (QED) is 0.569. The number of carbonyl (C=O) groups is 1. The van der Waals surface area contributed by atoms with Crippen LogP contribution in [0.25, 0.3) is 0 Å². The molecule has 0 heterocycles. The number of rotatable bonds is 5. The van der Waals surface area contributed by atoms with Gasteiger partial charge in [-0.05, 0) is 41.0 Å². The number of benzene rings is 3. The summed E-state index contributed by atoms with van der Waals surface area (Å²) in [4.78, 5) is 12.9. The highest BCUT2D eigenvalue weighted by molar-refractivity contribution is 6.32. The molecule has 3 aromatic rings. The minimum Gasteiger partial charge on any atom is -0.506 e. The van der Waals surface area contributed by atoms with Gasteiger partial charge in [-0.25, -0.2) is 0 Å². The van der Waals surface area contributed by atoms with Gasteiger partial charge in [0, 0.05) is 0 Å². The standard InChI is InChI=1S/C21H16Cl2O4/c22-16-10-14(6-8-18(16)24)20(15-7-9-19(25)17(23)11-15)21(26)27-12-13-4-2-1-3-5-13/h1-11,20,24-25H,12H2. The molecule has 0 radical (unpaired) electrons. The molecule has 27 heavy (non-hydrogen) atoms. The maximum absolute atomic E-state index is 12.9. The van der Waals surface area contributed by atoms with Crippen LogP contribution in [0.5, 0.6) is 11.5 Å². The second-order valence-corrected chi connectivity index (χ2v) is 6.76. The first kappa shape index (κ1) is 19.1. The smallest absolute Gasteiger partial charge is 0.318 e. The van der Waals surface area contributed by atoms with Crippen molar-refractivity contribution in [3.05, 3.63) is 93.5 Å². The zero-order chi connectivity index (χ0) is 19.4. The summed E-state index contributed by atoms with van der Waals surface area (Å²) in [6.45, 7) is 0.119. The zero-order valence-corrected chi connectivity index (χ0v) is 15.6. The van der Waals surface area contributed by atoms with E-state index in [-0.39, 0.29) is 28.2 Å². The number of phenolic OH excluding ortho intramolecular Hbond substituents is 2. The van der Waals surface area contributed by atoms with E-state index < -0.39 is 11.9 Å². The Morgan fingerprint density at radius 3 is 1.85 bits per heavy atom. The van der Waals surface area contributed by atoms with Crippen molar-refractivity contribution in [1.29, 1.82) is 0 Å². The molecule has 2 N–H and O–H groups in total. The van der Waals surface area contributed by atoms with Gasteiger partial charge >= 0.3 is 5.97 Å². The zero-order valence-electron chi connectivity index (χ0n) is 14.1. The third-order valence-corrected chi connectivity index (χ3v) is 4.68. The van der Waals surface area contributed by atoms with Crippen LogP contribution in [-0.4, -0.2) is 16.2 Å². The minimum atomic E-state index is -0.815. The van der Waals surface area contributed by atoms with Crippen molar-refractivity contribution in [2.45, 2.75) is 12.5 Å². The predicted molar refractivity (Wildman–Crippen MR) is 104 cm³/mol. The molecule has 3 rings (SSSR count). The summed E-state index contributed by atoms with van der Waals surface area (Å²) < 4.78 is 5.49. The lowest BCUT2D eigenvalue weighted by atomic mass is 9.91. The molecule has 0 amide bonds. The van der Waals surface area contributed by atoms with E-state index in [2.05, 4.69) is 0 Å². The molecule has 0 bridgehead atoms. The number of hydrogen-bond acceptors (Lipinski definition) is 4. The van der Waals surface area contributed by atoms with Gasteiger partial charge in [0.15, 0.2) is 0 Å². The molecular weight excluding hydrogens is 387 g/mol. The second kappa shape index (κ2) is 8.33. The van der Waals surface area contributed by atoms with Crippen LogP contribution in [0.3, 0.4) is 0 Å². The van der Waals surface area contributed by atoms with E-state index in [1.54, 1.807) is 12.1 Å². The van der Waals surface area contributed by atoms with Crippen LogP contribution in [0, 0.1) is 0 Å². The molecule has 0 spiro atoms. The van der Waals surface area contributed by atoms with E-state index in [0.717, 1.165) is 5.56 Å². The fraction of sp³-hybridized carbons (Fsp3) is 0.0952. The van der Waals surface area contributed by atoms with Crippen LogP contribution in [0.2, 0.25) is 10.0 Å². The van der Waals surface area contributed by atoms with E-state index in [1.807, 2.05) is 30.3 Å². The molecule has 0 aromatic heterocycles. The lowest BCUT2D eigenvalue weighted by Gasteiger charge is -2.18. The Kier molecular flexibility index (Phi) is 5.89. The van der Waals surface area contributed by atoms with Crippen molar-refractivity contribution in [3.8, 4) is 11.5 Å². The first-order valence-corrected chi connectivity index (χ1v) is 8.88. The van der Waals surface area contributed by atoms with Gasteiger partial charge in [0.25, 0.3) is 0 Å². The molecule has 0 unspecified atom stereocenters. The van der Waals surface area contributed by atoms with Gasteiger partial charge in [0.05, 0.1) is 10.0 Å². The Labute approximate surface area is 166 Å². The van der Waals surface area contributed by atoms with Crippen molar-refractivity contribution in [2.75, 3.05) is 0 Å². The number of esters is 1. The molecule has 3 aromatic carbocycles. The largest absolute Gasteiger partial charge is 0.506 e. The average molecular weight is 403 g/mol. The number of carbonyl (C=O) groups excluding carboxylic acids is 1. The Balaban J connectivity index is 1.94. The molecule has 0 aliphatic rings. The molecule has 4 nitrogen and oxygen atoms in total. The Morgan fingerprint density at radius 1 is 0.852 bits per heavy atom.